The topological polar surface area (TPSA) is 108 Å². The molecule has 1 rings (SSSR count). The van der Waals surface area contributed by atoms with Crippen LogP contribution in [0.4, 0.5) is 5.95 Å². The van der Waals surface area contributed by atoms with E-state index in [2.05, 4.69) is 27.4 Å². The smallest absolute Gasteiger partial charge is 0.304 e. The van der Waals surface area contributed by atoms with Gasteiger partial charge in [0, 0.05) is 0 Å². The van der Waals surface area contributed by atoms with Gasteiger partial charge in [0.25, 0.3) is 0 Å². The molecule has 0 aromatic carbocycles. The molecule has 0 fully saturated rings. The molecule has 152 valence electrons. The minimum absolute atomic E-state index is 0.151. The molecule has 0 aliphatic carbocycles. The van der Waals surface area contributed by atoms with Crippen LogP contribution in [0.15, 0.2) is 18.5 Å². The Morgan fingerprint density at radius 2 is 1.74 bits per heavy atom. The van der Waals surface area contributed by atoms with Gasteiger partial charge in [0.2, 0.25) is 11.9 Å². The van der Waals surface area contributed by atoms with Gasteiger partial charge in [-0.25, -0.2) is 4.98 Å². The number of nitrogens with zero attached hydrogens (tertiary/aromatic N) is 2. The van der Waals surface area contributed by atoms with Crippen LogP contribution >= 0.6 is 0 Å². The standard InChI is InChI=1S/C20H34N4O3/c1-2-3-4-5-6-7-8-9-10-11-12-13-14-17(15-18(25)26)19(27)23-20-21-16-22-24-20/h13-14,16-17H,2-12,15H2,1H3,(H,25,26)(H2,21,22,23,24,27). The molecule has 3 N–H and O–H groups in total. The van der Waals surface area contributed by atoms with E-state index < -0.39 is 17.8 Å². The predicted octanol–water partition coefficient (Wildman–Crippen LogP) is 4.70. The number of carboxylic acids is 1. The fourth-order valence-electron chi connectivity index (χ4n) is 2.92. The number of allylic oxidation sites excluding steroid dienone is 1. The van der Waals surface area contributed by atoms with E-state index >= 15 is 0 Å². The van der Waals surface area contributed by atoms with Gasteiger partial charge in [0.15, 0.2) is 0 Å². The van der Waals surface area contributed by atoms with Crippen LogP contribution < -0.4 is 5.32 Å². The van der Waals surface area contributed by atoms with Gasteiger partial charge in [-0.1, -0.05) is 76.9 Å². The van der Waals surface area contributed by atoms with Crippen molar-refractivity contribution in [2.75, 3.05) is 5.32 Å². The Morgan fingerprint density at radius 3 is 2.30 bits per heavy atom. The molecule has 7 heteroatoms. The van der Waals surface area contributed by atoms with Crippen molar-refractivity contribution >= 4 is 17.8 Å². The molecule has 1 amide bonds. The van der Waals surface area contributed by atoms with Crippen LogP contribution in [0, 0.1) is 5.92 Å². The van der Waals surface area contributed by atoms with Crippen LogP contribution in [0.3, 0.4) is 0 Å². The largest absolute Gasteiger partial charge is 0.481 e. The molecule has 1 heterocycles. The second-order valence-electron chi connectivity index (χ2n) is 6.92. The SMILES string of the molecule is CCCCCCCCCCCCC=CC(CC(=O)O)C(=O)Nc1nc[nH]n1. The van der Waals surface area contributed by atoms with E-state index in [4.69, 9.17) is 5.11 Å². The van der Waals surface area contributed by atoms with Crippen LogP contribution in [0.2, 0.25) is 0 Å². The van der Waals surface area contributed by atoms with Crippen LogP contribution in [-0.2, 0) is 9.59 Å². The predicted molar refractivity (Wildman–Crippen MR) is 106 cm³/mol. The summed E-state index contributed by atoms with van der Waals surface area (Å²) in [5.41, 5.74) is 0. The Kier molecular flexibility index (Phi) is 12.6. The number of aromatic nitrogens is 3. The number of nitrogens with one attached hydrogen (secondary N) is 2. The monoisotopic (exact) mass is 378 g/mol. The highest BCUT2D eigenvalue weighted by Gasteiger charge is 2.19. The molecule has 7 nitrogen and oxygen atoms in total. The van der Waals surface area contributed by atoms with E-state index in [1.807, 2.05) is 6.08 Å². The lowest BCUT2D eigenvalue weighted by atomic mass is 10.0. The molecule has 0 spiro atoms. The number of hydrogen-bond acceptors (Lipinski definition) is 4. The second kappa shape index (κ2) is 14.9. The molecular formula is C20H34N4O3. The average molecular weight is 379 g/mol. The summed E-state index contributed by atoms with van der Waals surface area (Å²) in [6.45, 7) is 2.24. The van der Waals surface area contributed by atoms with Crippen molar-refractivity contribution in [1.82, 2.24) is 15.2 Å². The van der Waals surface area contributed by atoms with E-state index in [-0.39, 0.29) is 12.4 Å². The van der Waals surface area contributed by atoms with Gasteiger partial charge >= 0.3 is 5.97 Å². The van der Waals surface area contributed by atoms with Gasteiger partial charge in [-0.2, -0.15) is 0 Å². The molecule has 0 aliphatic heterocycles. The van der Waals surface area contributed by atoms with Crippen molar-refractivity contribution in [2.24, 2.45) is 5.92 Å². The number of carbonyl (C=O) groups excluding carboxylic acids is 1. The molecule has 1 aromatic heterocycles. The number of aliphatic carboxylic acids is 1. The van der Waals surface area contributed by atoms with E-state index in [1.165, 1.54) is 64.1 Å². The average Bonchev–Trinajstić information content (AvgIpc) is 3.14. The molecule has 0 saturated heterocycles. The number of carbonyl (C=O) groups is 2. The van der Waals surface area contributed by atoms with Crippen LogP contribution in [0.25, 0.3) is 0 Å². The summed E-state index contributed by atoms with van der Waals surface area (Å²) in [4.78, 5) is 27.0. The number of aromatic amines is 1. The number of H-pyrrole nitrogens is 1. The van der Waals surface area contributed by atoms with Gasteiger partial charge < -0.3 is 5.11 Å². The highest BCUT2D eigenvalue weighted by Crippen LogP contribution is 2.13. The molecule has 27 heavy (non-hydrogen) atoms. The summed E-state index contributed by atoms with van der Waals surface area (Å²) in [6.07, 6.45) is 18.4. The van der Waals surface area contributed by atoms with Crippen molar-refractivity contribution in [3.8, 4) is 0 Å². The third-order valence-corrected chi connectivity index (χ3v) is 4.47. The fraction of sp³-hybridized carbons (Fsp3) is 0.700. The third-order valence-electron chi connectivity index (χ3n) is 4.47. The fourth-order valence-corrected chi connectivity index (χ4v) is 2.92. The van der Waals surface area contributed by atoms with Gasteiger partial charge in [0.1, 0.15) is 6.33 Å². The quantitative estimate of drug-likeness (QED) is 0.285. The van der Waals surface area contributed by atoms with E-state index in [9.17, 15) is 9.59 Å². The van der Waals surface area contributed by atoms with Crippen molar-refractivity contribution in [3.05, 3.63) is 18.5 Å². The van der Waals surface area contributed by atoms with Crippen LogP contribution in [0.1, 0.15) is 84.0 Å². The number of amides is 1. The van der Waals surface area contributed by atoms with Crippen LogP contribution in [0.5, 0.6) is 0 Å². The maximum absolute atomic E-state index is 12.2. The number of hydrogen-bond donors (Lipinski definition) is 3. The summed E-state index contributed by atoms with van der Waals surface area (Å²) in [6, 6.07) is 0. The molecular weight excluding hydrogens is 344 g/mol. The summed E-state index contributed by atoms with van der Waals surface area (Å²) in [5.74, 6) is -1.98. The van der Waals surface area contributed by atoms with Crippen molar-refractivity contribution in [1.29, 1.82) is 0 Å². The Hall–Kier alpha value is -2.18. The number of carboxylic acid groups (broad SMARTS) is 1. The summed E-state index contributed by atoms with van der Waals surface area (Å²) >= 11 is 0. The summed E-state index contributed by atoms with van der Waals surface area (Å²) < 4.78 is 0. The minimum Gasteiger partial charge on any atom is -0.481 e. The first kappa shape index (κ1) is 22.9. The van der Waals surface area contributed by atoms with Crippen molar-refractivity contribution in [3.63, 3.8) is 0 Å². The molecule has 1 unspecified atom stereocenters. The van der Waals surface area contributed by atoms with Crippen molar-refractivity contribution in [2.45, 2.75) is 84.0 Å². The van der Waals surface area contributed by atoms with Gasteiger partial charge in [-0.05, 0) is 12.8 Å². The first-order valence-electron chi connectivity index (χ1n) is 10.2. The zero-order valence-electron chi connectivity index (χ0n) is 16.5. The van der Waals surface area contributed by atoms with Gasteiger partial charge in [-0.3, -0.25) is 20.0 Å². The second-order valence-corrected chi connectivity index (χ2v) is 6.92. The first-order valence-corrected chi connectivity index (χ1v) is 10.2. The van der Waals surface area contributed by atoms with E-state index in [1.54, 1.807) is 6.08 Å². The van der Waals surface area contributed by atoms with Crippen LogP contribution in [-0.4, -0.2) is 32.2 Å². The first-order chi connectivity index (χ1) is 13.1. The molecule has 0 bridgehead atoms. The molecule has 0 aliphatic rings. The zero-order valence-corrected chi connectivity index (χ0v) is 16.5. The Labute approximate surface area is 162 Å². The minimum atomic E-state index is -1.01. The lowest BCUT2D eigenvalue weighted by Gasteiger charge is -2.09. The number of anilines is 1. The highest BCUT2D eigenvalue weighted by atomic mass is 16.4. The molecule has 0 radical (unpaired) electrons. The van der Waals surface area contributed by atoms with Crippen molar-refractivity contribution < 1.29 is 14.7 Å². The Balaban J connectivity index is 2.17. The molecule has 1 aromatic rings. The maximum Gasteiger partial charge on any atom is 0.304 e. The summed E-state index contributed by atoms with van der Waals surface area (Å²) in [5, 5.41) is 17.8. The van der Waals surface area contributed by atoms with E-state index in [0.29, 0.717) is 0 Å². The highest BCUT2D eigenvalue weighted by molar-refractivity contribution is 5.94. The van der Waals surface area contributed by atoms with Gasteiger partial charge in [0.05, 0.1) is 12.3 Å². The lowest BCUT2D eigenvalue weighted by molar-refractivity contribution is -0.139. The Morgan fingerprint density at radius 1 is 1.11 bits per heavy atom. The molecule has 1 atom stereocenters. The number of unbranched alkanes of at least 4 members (excludes halogenated alkanes) is 10. The Bertz CT molecular complexity index is 543. The molecule has 0 saturated carbocycles. The van der Waals surface area contributed by atoms with E-state index in [0.717, 1.165) is 12.8 Å². The third kappa shape index (κ3) is 11.9. The zero-order chi connectivity index (χ0) is 19.7. The number of rotatable bonds is 16. The van der Waals surface area contributed by atoms with Gasteiger partial charge in [-0.15, -0.1) is 5.10 Å². The lowest BCUT2D eigenvalue weighted by Crippen LogP contribution is -2.24. The summed E-state index contributed by atoms with van der Waals surface area (Å²) in [7, 11) is 0. The normalized spacial score (nSPS) is 12.3. The maximum atomic E-state index is 12.2.